The average Bonchev–Trinajstić information content (AvgIpc) is 3.18. The van der Waals surface area contributed by atoms with Gasteiger partial charge in [-0.15, -0.1) is 0 Å². The standard InChI is InChI=1S/C21H24N4O4/c1-15-12-23-18(13-22-15)20(26)25-14-17(29-16-5-3-2-4-6-16)11-19(25)21(27)24-7-9-28-10-8-24/h2-6,12-13,17,19H,7-11,14H2,1H3/t17-,19-/m0/s1. The highest BCUT2D eigenvalue weighted by Crippen LogP contribution is 2.26. The van der Waals surface area contributed by atoms with Crippen molar-refractivity contribution in [3.8, 4) is 5.75 Å². The number of aryl methyl sites for hydroxylation is 1. The molecule has 2 saturated heterocycles. The van der Waals surface area contributed by atoms with E-state index < -0.39 is 6.04 Å². The van der Waals surface area contributed by atoms with Gasteiger partial charge in [-0.3, -0.25) is 14.6 Å². The number of rotatable bonds is 4. The van der Waals surface area contributed by atoms with Crippen LogP contribution < -0.4 is 4.74 Å². The molecule has 2 aliphatic heterocycles. The fourth-order valence-corrected chi connectivity index (χ4v) is 3.68. The normalized spacial score (nSPS) is 21.8. The first kappa shape index (κ1) is 19.3. The summed E-state index contributed by atoms with van der Waals surface area (Å²) in [4.78, 5) is 38.0. The second kappa shape index (κ2) is 8.57. The zero-order chi connectivity index (χ0) is 20.2. The highest BCUT2D eigenvalue weighted by molar-refractivity contribution is 5.96. The Hall–Kier alpha value is -3.00. The van der Waals surface area contributed by atoms with Gasteiger partial charge in [-0.05, 0) is 19.1 Å². The molecule has 0 radical (unpaired) electrons. The molecule has 2 aromatic rings. The molecule has 152 valence electrons. The van der Waals surface area contributed by atoms with Crippen LogP contribution in [0.5, 0.6) is 5.75 Å². The zero-order valence-corrected chi connectivity index (χ0v) is 16.4. The smallest absolute Gasteiger partial charge is 0.274 e. The number of para-hydroxylation sites is 1. The first-order chi connectivity index (χ1) is 14.1. The van der Waals surface area contributed by atoms with Gasteiger partial charge in [0.05, 0.1) is 31.6 Å². The van der Waals surface area contributed by atoms with Crippen molar-refractivity contribution < 1.29 is 19.1 Å². The molecule has 2 atom stereocenters. The number of benzene rings is 1. The number of morpholine rings is 1. The van der Waals surface area contributed by atoms with Crippen LogP contribution in [0, 0.1) is 6.92 Å². The van der Waals surface area contributed by atoms with Crippen molar-refractivity contribution in [2.24, 2.45) is 0 Å². The fourth-order valence-electron chi connectivity index (χ4n) is 3.68. The lowest BCUT2D eigenvalue weighted by Gasteiger charge is -2.32. The van der Waals surface area contributed by atoms with Gasteiger partial charge in [0.1, 0.15) is 23.6 Å². The van der Waals surface area contributed by atoms with Gasteiger partial charge in [-0.25, -0.2) is 4.98 Å². The Morgan fingerprint density at radius 2 is 1.86 bits per heavy atom. The summed E-state index contributed by atoms with van der Waals surface area (Å²) < 4.78 is 11.4. The van der Waals surface area contributed by atoms with Gasteiger partial charge >= 0.3 is 0 Å². The monoisotopic (exact) mass is 396 g/mol. The highest BCUT2D eigenvalue weighted by atomic mass is 16.5. The molecule has 0 N–H and O–H groups in total. The van der Waals surface area contributed by atoms with E-state index in [4.69, 9.17) is 9.47 Å². The van der Waals surface area contributed by atoms with Crippen LogP contribution in [-0.4, -0.2) is 76.6 Å². The highest BCUT2D eigenvalue weighted by Gasteiger charge is 2.43. The number of hydrogen-bond donors (Lipinski definition) is 0. The maximum Gasteiger partial charge on any atom is 0.274 e. The Labute approximate surface area is 169 Å². The maximum atomic E-state index is 13.2. The van der Waals surface area contributed by atoms with Crippen molar-refractivity contribution in [3.63, 3.8) is 0 Å². The minimum atomic E-state index is -0.586. The quantitative estimate of drug-likeness (QED) is 0.775. The minimum absolute atomic E-state index is 0.0686. The van der Waals surface area contributed by atoms with Crippen molar-refractivity contribution in [2.45, 2.75) is 25.5 Å². The van der Waals surface area contributed by atoms with Gasteiger partial charge in [-0.2, -0.15) is 0 Å². The molecule has 2 fully saturated rings. The van der Waals surface area contributed by atoms with E-state index in [1.165, 1.54) is 6.20 Å². The van der Waals surface area contributed by atoms with Crippen molar-refractivity contribution in [1.29, 1.82) is 0 Å². The molecule has 0 aliphatic carbocycles. The van der Waals surface area contributed by atoms with E-state index in [2.05, 4.69) is 9.97 Å². The van der Waals surface area contributed by atoms with Crippen molar-refractivity contribution in [1.82, 2.24) is 19.8 Å². The van der Waals surface area contributed by atoms with E-state index in [0.717, 1.165) is 11.4 Å². The van der Waals surface area contributed by atoms with E-state index in [1.807, 2.05) is 37.3 Å². The average molecular weight is 396 g/mol. The SMILES string of the molecule is Cc1cnc(C(=O)N2C[C@@H](Oc3ccccc3)C[C@H]2C(=O)N2CCOCC2)cn1. The minimum Gasteiger partial charge on any atom is -0.488 e. The van der Waals surface area contributed by atoms with E-state index in [1.54, 1.807) is 16.0 Å². The number of aromatic nitrogens is 2. The lowest BCUT2D eigenvalue weighted by atomic mass is 10.1. The molecular weight excluding hydrogens is 372 g/mol. The van der Waals surface area contributed by atoms with Crippen molar-refractivity contribution >= 4 is 11.8 Å². The summed E-state index contributed by atoms with van der Waals surface area (Å²) in [6.07, 6.45) is 3.19. The largest absolute Gasteiger partial charge is 0.488 e. The van der Waals surface area contributed by atoms with Gasteiger partial charge < -0.3 is 19.3 Å². The third-order valence-corrected chi connectivity index (χ3v) is 5.18. The van der Waals surface area contributed by atoms with Crippen LogP contribution in [0.3, 0.4) is 0 Å². The molecule has 8 nitrogen and oxygen atoms in total. The molecule has 1 aromatic carbocycles. The van der Waals surface area contributed by atoms with E-state index in [9.17, 15) is 9.59 Å². The van der Waals surface area contributed by atoms with Gasteiger partial charge in [-0.1, -0.05) is 18.2 Å². The zero-order valence-electron chi connectivity index (χ0n) is 16.4. The van der Waals surface area contributed by atoms with Gasteiger partial charge in [0.25, 0.3) is 5.91 Å². The van der Waals surface area contributed by atoms with Crippen LogP contribution in [0.25, 0.3) is 0 Å². The second-order valence-electron chi connectivity index (χ2n) is 7.24. The summed E-state index contributed by atoms with van der Waals surface area (Å²) in [5.41, 5.74) is 0.963. The predicted molar refractivity (Wildman–Crippen MR) is 104 cm³/mol. The Morgan fingerprint density at radius 1 is 1.10 bits per heavy atom. The number of likely N-dealkylation sites (tertiary alicyclic amines) is 1. The van der Waals surface area contributed by atoms with Gasteiger partial charge in [0.15, 0.2) is 0 Å². The molecule has 2 aliphatic rings. The lowest BCUT2D eigenvalue weighted by Crippen LogP contribution is -2.51. The number of hydrogen-bond acceptors (Lipinski definition) is 6. The fraction of sp³-hybridized carbons (Fsp3) is 0.429. The van der Waals surface area contributed by atoms with Gasteiger partial charge in [0.2, 0.25) is 5.91 Å². The summed E-state index contributed by atoms with van der Waals surface area (Å²) >= 11 is 0. The van der Waals surface area contributed by atoms with E-state index in [0.29, 0.717) is 39.3 Å². The second-order valence-corrected chi connectivity index (χ2v) is 7.24. The van der Waals surface area contributed by atoms with Crippen LogP contribution in [0.2, 0.25) is 0 Å². The first-order valence-electron chi connectivity index (χ1n) is 9.79. The molecule has 2 amide bonds. The number of ether oxygens (including phenoxy) is 2. The van der Waals surface area contributed by atoms with Gasteiger partial charge in [0, 0.05) is 25.7 Å². The molecule has 8 heteroatoms. The summed E-state index contributed by atoms with van der Waals surface area (Å²) in [5, 5.41) is 0. The molecule has 0 bridgehead atoms. The third-order valence-electron chi connectivity index (χ3n) is 5.18. The van der Waals surface area contributed by atoms with Crippen LogP contribution >= 0.6 is 0 Å². The number of nitrogens with zero attached hydrogens (tertiary/aromatic N) is 4. The van der Waals surface area contributed by atoms with Crippen LogP contribution in [-0.2, 0) is 9.53 Å². The first-order valence-corrected chi connectivity index (χ1v) is 9.79. The molecule has 0 spiro atoms. The lowest BCUT2D eigenvalue weighted by molar-refractivity contribution is -0.139. The topological polar surface area (TPSA) is 84.9 Å². The van der Waals surface area contributed by atoms with E-state index >= 15 is 0 Å². The Morgan fingerprint density at radius 3 is 2.55 bits per heavy atom. The summed E-state index contributed by atoms with van der Waals surface area (Å²) in [6.45, 7) is 4.23. The number of carbonyl (C=O) groups is 2. The number of amides is 2. The van der Waals surface area contributed by atoms with Crippen LogP contribution in [0.15, 0.2) is 42.7 Å². The molecule has 3 heterocycles. The molecule has 1 aromatic heterocycles. The Balaban J connectivity index is 1.55. The van der Waals surface area contributed by atoms with Crippen molar-refractivity contribution in [2.75, 3.05) is 32.8 Å². The molecule has 0 unspecified atom stereocenters. The summed E-state index contributed by atoms with van der Waals surface area (Å²) in [7, 11) is 0. The Kier molecular flexibility index (Phi) is 5.71. The molecule has 29 heavy (non-hydrogen) atoms. The molecular formula is C21H24N4O4. The Bertz CT molecular complexity index is 853. The third kappa shape index (κ3) is 4.37. The van der Waals surface area contributed by atoms with E-state index in [-0.39, 0.29) is 23.6 Å². The maximum absolute atomic E-state index is 13.2. The molecule has 4 rings (SSSR count). The molecule has 0 saturated carbocycles. The summed E-state index contributed by atoms with van der Waals surface area (Å²) in [6, 6.07) is 8.86. The predicted octanol–water partition coefficient (Wildman–Crippen LogP) is 1.31. The summed E-state index contributed by atoms with van der Waals surface area (Å²) in [5.74, 6) is 0.351. The number of carbonyl (C=O) groups excluding carboxylic acids is 2. The van der Waals surface area contributed by atoms with Crippen LogP contribution in [0.4, 0.5) is 0 Å². The van der Waals surface area contributed by atoms with Crippen LogP contribution in [0.1, 0.15) is 22.6 Å². The van der Waals surface area contributed by atoms with Crippen molar-refractivity contribution in [3.05, 3.63) is 54.1 Å².